The number of carbonyl (C=O) groups excluding carboxylic acids is 2. The molecule has 0 aromatic heterocycles. The topological polar surface area (TPSA) is 49.9 Å². The smallest absolute Gasteiger partial charge is 0.223 e. The summed E-state index contributed by atoms with van der Waals surface area (Å²) in [7, 11) is 0. The van der Waals surface area contributed by atoms with Gasteiger partial charge in [-0.3, -0.25) is 14.5 Å². The van der Waals surface area contributed by atoms with Gasteiger partial charge in [0.1, 0.15) is 5.75 Å². The molecule has 2 aliphatic rings. The van der Waals surface area contributed by atoms with Gasteiger partial charge in [0.2, 0.25) is 5.91 Å². The van der Waals surface area contributed by atoms with Gasteiger partial charge in [-0.1, -0.05) is 19.8 Å². The maximum Gasteiger partial charge on any atom is 0.223 e. The van der Waals surface area contributed by atoms with Crippen LogP contribution < -0.4 is 4.74 Å². The summed E-state index contributed by atoms with van der Waals surface area (Å²) < 4.78 is 5.54. The van der Waals surface area contributed by atoms with Gasteiger partial charge in [0, 0.05) is 50.6 Å². The van der Waals surface area contributed by atoms with Crippen molar-refractivity contribution in [3.63, 3.8) is 0 Å². The van der Waals surface area contributed by atoms with E-state index in [2.05, 4.69) is 11.8 Å². The van der Waals surface area contributed by atoms with Gasteiger partial charge in [-0.25, -0.2) is 0 Å². The lowest BCUT2D eigenvalue weighted by atomic mass is 10.1. The zero-order chi connectivity index (χ0) is 19.1. The molecule has 1 saturated heterocycles. The van der Waals surface area contributed by atoms with Crippen molar-refractivity contribution in [2.45, 2.75) is 57.9 Å². The first-order chi connectivity index (χ1) is 13.2. The zero-order valence-electron chi connectivity index (χ0n) is 16.5. The number of nitrogens with zero attached hydrogens (tertiary/aromatic N) is 2. The molecule has 5 nitrogen and oxygen atoms in total. The molecule has 1 saturated carbocycles. The fourth-order valence-corrected chi connectivity index (χ4v) is 4.09. The van der Waals surface area contributed by atoms with E-state index in [0.717, 1.165) is 44.4 Å². The Kier molecular flexibility index (Phi) is 7.27. The third kappa shape index (κ3) is 5.55. The van der Waals surface area contributed by atoms with Gasteiger partial charge < -0.3 is 9.64 Å². The molecule has 2 fully saturated rings. The predicted octanol–water partition coefficient (Wildman–Crippen LogP) is 3.53. The lowest BCUT2D eigenvalue weighted by molar-refractivity contribution is -0.133. The number of piperazine rings is 1. The lowest BCUT2D eigenvalue weighted by Gasteiger charge is -2.38. The molecule has 1 aromatic rings. The number of hydrogen-bond donors (Lipinski definition) is 0. The fraction of sp³-hybridized carbons (Fsp3) is 0.636. The molecule has 1 heterocycles. The molecule has 148 valence electrons. The normalized spacial score (nSPS) is 18.6. The van der Waals surface area contributed by atoms with Crippen molar-refractivity contribution in [1.29, 1.82) is 0 Å². The van der Waals surface area contributed by atoms with Crippen molar-refractivity contribution in [3.8, 4) is 5.75 Å². The second-order valence-corrected chi connectivity index (χ2v) is 7.65. The van der Waals surface area contributed by atoms with E-state index in [9.17, 15) is 9.59 Å². The molecule has 1 aromatic carbocycles. The minimum Gasteiger partial charge on any atom is -0.494 e. The standard InChI is InChI=1S/C22H32N2O3/c1-2-17-27-20-9-7-18(8-10-20)21(25)11-12-22(26)24-15-13-23(14-16-24)19-5-3-4-6-19/h7-10,19H,2-6,11-17H2,1H3. The van der Waals surface area contributed by atoms with E-state index in [1.807, 2.05) is 17.0 Å². The summed E-state index contributed by atoms with van der Waals surface area (Å²) in [6, 6.07) is 7.96. The van der Waals surface area contributed by atoms with Crippen LogP contribution >= 0.6 is 0 Å². The Labute approximate surface area is 162 Å². The van der Waals surface area contributed by atoms with E-state index in [4.69, 9.17) is 4.74 Å². The molecule has 1 aliphatic carbocycles. The third-order valence-corrected chi connectivity index (χ3v) is 5.72. The first-order valence-corrected chi connectivity index (χ1v) is 10.4. The minimum absolute atomic E-state index is 0.0231. The molecule has 0 spiro atoms. The number of hydrogen-bond acceptors (Lipinski definition) is 4. The van der Waals surface area contributed by atoms with Gasteiger partial charge in [-0.15, -0.1) is 0 Å². The van der Waals surface area contributed by atoms with Crippen LogP contribution in [0, 0.1) is 0 Å². The van der Waals surface area contributed by atoms with Crippen LogP contribution in [-0.2, 0) is 4.79 Å². The van der Waals surface area contributed by atoms with Gasteiger partial charge in [-0.2, -0.15) is 0 Å². The Morgan fingerprint density at radius 1 is 1.00 bits per heavy atom. The molecule has 1 amide bonds. The largest absolute Gasteiger partial charge is 0.494 e. The molecular formula is C22H32N2O3. The molecular weight excluding hydrogens is 340 g/mol. The van der Waals surface area contributed by atoms with Crippen LogP contribution in [0.1, 0.15) is 62.2 Å². The maximum atomic E-state index is 12.5. The highest BCUT2D eigenvalue weighted by atomic mass is 16.5. The molecule has 27 heavy (non-hydrogen) atoms. The van der Waals surface area contributed by atoms with Crippen LogP contribution in [0.15, 0.2) is 24.3 Å². The van der Waals surface area contributed by atoms with E-state index in [0.29, 0.717) is 18.6 Å². The Balaban J connectivity index is 1.40. The third-order valence-electron chi connectivity index (χ3n) is 5.72. The highest BCUT2D eigenvalue weighted by molar-refractivity contribution is 5.98. The highest BCUT2D eigenvalue weighted by Gasteiger charge is 2.27. The van der Waals surface area contributed by atoms with Crippen molar-refractivity contribution >= 4 is 11.7 Å². The van der Waals surface area contributed by atoms with E-state index < -0.39 is 0 Å². The average molecular weight is 373 g/mol. The number of benzene rings is 1. The number of carbonyl (C=O) groups is 2. The summed E-state index contributed by atoms with van der Waals surface area (Å²) in [6.07, 6.45) is 6.84. The van der Waals surface area contributed by atoms with E-state index in [1.165, 1.54) is 25.7 Å². The van der Waals surface area contributed by atoms with Crippen molar-refractivity contribution in [2.24, 2.45) is 0 Å². The number of rotatable bonds is 8. The van der Waals surface area contributed by atoms with Crippen molar-refractivity contribution in [1.82, 2.24) is 9.80 Å². The lowest BCUT2D eigenvalue weighted by Crippen LogP contribution is -2.51. The van der Waals surface area contributed by atoms with Crippen molar-refractivity contribution in [2.75, 3.05) is 32.8 Å². The van der Waals surface area contributed by atoms with E-state index in [1.54, 1.807) is 12.1 Å². The second-order valence-electron chi connectivity index (χ2n) is 7.65. The molecule has 0 N–H and O–H groups in total. The molecule has 3 rings (SSSR count). The number of Topliss-reactive ketones (excluding diaryl/α,β-unsaturated/α-hetero) is 1. The summed E-state index contributed by atoms with van der Waals surface area (Å²) in [5.74, 6) is 0.914. The van der Waals surface area contributed by atoms with E-state index in [-0.39, 0.29) is 18.1 Å². The number of amides is 1. The van der Waals surface area contributed by atoms with Crippen LogP contribution in [0.5, 0.6) is 5.75 Å². The highest BCUT2D eigenvalue weighted by Crippen LogP contribution is 2.24. The molecule has 0 unspecified atom stereocenters. The SMILES string of the molecule is CCCOc1ccc(C(=O)CCC(=O)N2CCN(C3CCCC3)CC2)cc1. The molecule has 0 radical (unpaired) electrons. The van der Waals surface area contributed by atoms with Crippen LogP contribution in [0.2, 0.25) is 0 Å². The summed E-state index contributed by atoms with van der Waals surface area (Å²) in [5, 5.41) is 0. The van der Waals surface area contributed by atoms with Crippen LogP contribution in [-0.4, -0.2) is 60.3 Å². The van der Waals surface area contributed by atoms with Gasteiger partial charge >= 0.3 is 0 Å². The van der Waals surface area contributed by atoms with Gasteiger partial charge in [0.15, 0.2) is 5.78 Å². The van der Waals surface area contributed by atoms with Crippen molar-refractivity contribution < 1.29 is 14.3 Å². The number of ether oxygens (including phenoxy) is 1. The minimum atomic E-state index is 0.0231. The van der Waals surface area contributed by atoms with Gasteiger partial charge in [0.25, 0.3) is 0 Å². The molecule has 0 atom stereocenters. The summed E-state index contributed by atoms with van der Waals surface area (Å²) in [6.45, 7) is 6.28. The van der Waals surface area contributed by atoms with Crippen LogP contribution in [0.4, 0.5) is 0 Å². The Morgan fingerprint density at radius 3 is 2.30 bits per heavy atom. The summed E-state index contributed by atoms with van der Waals surface area (Å²) in [5.41, 5.74) is 0.651. The first kappa shape index (κ1) is 19.9. The average Bonchev–Trinajstić information content (AvgIpc) is 3.25. The second kappa shape index (κ2) is 9.88. The fourth-order valence-electron chi connectivity index (χ4n) is 4.09. The maximum absolute atomic E-state index is 12.5. The monoisotopic (exact) mass is 372 g/mol. The Morgan fingerprint density at radius 2 is 1.67 bits per heavy atom. The quantitative estimate of drug-likeness (QED) is 0.655. The van der Waals surface area contributed by atoms with Crippen LogP contribution in [0.25, 0.3) is 0 Å². The van der Waals surface area contributed by atoms with Gasteiger partial charge in [0.05, 0.1) is 6.61 Å². The number of ketones is 1. The summed E-state index contributed by atoms with van der Waals surface area (Å²) in [4.78, 5) is 29.3. The van der Waals surface area contributed by atoms with Crippen molar-refractivity contribution in [3.05, 3.63) is 29.8 Å². The Bertz CT molecular complexity index is 615. The zero-order valence-corrected chi connectivity index (χ0v) is 16.5. The molecule has 1 aliphatic heterocycles. The Hall–Kier alpha value is -1.88. The summed E-state index contributed by atoms with van der Waals surface area (Å²) >= 11 is 0. The first-order valence-electron chi connectivity index (χ1n) is 10.4. The molecule has 0 bridgehead atoms. The molecule has 5 heteroatoms. The van der Waals surface area contributed by atoms with E-state index >= 15 is 0 Å². The van der Waals surface area contributed by atoms with Crippen LogP contribution in [0.3, 0.4) is 0 Å². The predicted molar refractivity (Wildman–Crippen MR) is 106 cm³/mol. The van der Waals surface area contributed by atoms with Gasteiger partial charge in [-0.05, 0) is 43.5 Å².